The highest BCUT2D eigenvalue weighted by Gasteiger charge is 2.06. The first kappa shape index (κ1) is 14.4. The van der Waals surface area contributed by atoms with Crippen molar-refractivity contribution < 1.29 is 14.5 Å². The molecule has 0 aliphatic heterocycles. The highest BCUT2D eigenvalue weighted by molar-refractivity contribution is 5.38. The second kappa shape index (κ2) is 8.39. The number of hydrogen-bond donors (Lipinski definition) is 3. The SMILES string of the molecule is CCONc1nc(NOCC)nc(NOCC)n1. The van der Waals surface area contributed by atoms with E-state index < -0.39 is 0 Å². The van der Waals surface area contributed by atoms with E-state index in [0.29, 0.717) is 19.8 Å². The molecular weight excluding hydrogens is 240 g/mol. The van der Waals surface area contributed by atoms with Crippen LogP contribution in [0.25, 0.3) is 0 Å². The van der Waals surface area contributed by atoms with Crippen molar-refractivity contribution in [2.24, 2.45) is 0 Å². The van der Waals surface area contributed by atoms with Crippen molar-refractivity contribution in [3.8, 4) is 0 Å². The normalized spacial score (nSPS) is 10.2. The second-order valence-corrected chi connectivity index (χ2v) is 2.91. The van der Waals surface area contributed by atoms with Crippen LogP contribution in [0.2, 0.25) is 0 Å². The number of nitrogens with one attached hydrogen (secondary N) is 3. The first-order valence-electron chi connectivity index (χ1n) is 5.69. The molecule has 3 N–H and O–H groups in total. The van der Waals surface area contributed by atoms with E-state index >= 15 is 0 Å². The van der Waals surface area contributed by atoms with Crippen molar-refractivity contribution in [2.75, 3.05) is 36.3 Å². The Morgan fingerprint density at radius 1 is 0.667 bits per heavy atom. The second-order valence-electron chi connectivity index (χ2n) is 2.91. The Hall–Kier alpha value is -1.71. The van der Waals surface area contributed by atoms with Crippen LogP contribution >= 0.6 is 0 Å². The summed E-state index contributed by atoms with van der Waals surface area (Å²) in [4.78, 5) is 27.1. The summed E-state index contributed by atoms with van der Waals surface area (Å²) in [6.07, 6.45) is 0. The van der Waals surface area contributed by atoms with Gasteiger partial charge in [0.25, 0.3) is 17.8 Å². The third-order valence-corrected chi connectivity index (χ3v) is 1.56. The lowest BCUT2D eigenvalue weighted by molar-refractivity contribution is 0.199. The van der Waals surface area contributed by atoms with Crippen LogP contribution in [0.15, 0.2) is 0 Å². The molecular formula is C9H18N6O3. The largest absolute Gasteiger partial charge is 0.274 e. The van der Waals surface area contributed by atoms with E-state index in [2.05, 4.69) is 31.4 Å². The summed E-state index contributed by atoms with van der Waals surface area (Å²) in [6.45, 7) is 6.96. The van der Waals surface area contributed by atoms with Crippen molar-refractivity contribution in [1.82, 2.24) is 15.0 Å². The van der Waals surface area contributed by atoms with Crippen molar-refractivity contribution in [1.29, 1.82) is 0 Å². The third-order valence-electron chi connectivity index (χ3n) is 1.56. The van der Waals surface area contributed by atoms with Crippen LogP contribution < -0.4 is 16.4 Å². The van der Waals surface area contributed by atoms with Gasteiger partial charge in [0.2, 0.25) is 0 Å². The molecule has 0 aliphatic rings. The van der Waals surface area contributed by atoms with E-state index in [1.165, 1.54) is 0 Å². The molecule has 0 unspecified atom stereocenters. The Morgan fingerprint density at radius 2 is 0.944 bits per heavy atom. The first-order valence-corrected chi connectivity index (χ1v) is 5.69. The summed E-state index contributed by atoms with van der Waals surface area (Å²) in [5, 5.41) is 0. The Balaban J connectivity index is 2.74. The lowest BCUT2D eigenvalue weighted by Gasteiger charge is -2.09. The highest BCUT2D eigenvalue weighted by Crippen LogP contribution is 2.09. The molecule has 0 aliphatic carbocycles. The van der Waals surface area contributed by atoms with Crippen LogP contribution in [-0.4, -0.2) is 34.8 Å². The van der Waals surface area contributed by atoms with E-state index in [9.17, 15) is 0 Å². The molecule has 18 heavy (non-hydrogen) atoms. The van der Waals surface area contributed by atoms with Gasteiger partial charge >= 0.3 is 0 Å². The summed E-state index contributed by atoms with van der Waals surface area (Å²) < 4.78 is 0. The average Bonchev–Trinajstić information content (AvgIpc) is 2.40. The molecule has 9 heteroatoms. The zero-order valence-corrected chi connectivity index (χ0v) is 10.7. The van der Waals surface area contributed by atoms with Crippen LogP contribution in [0.4, 0.5) is 17.8 Å². The van der Waals surface area contributed by atoms with Gasteiger partial charge < -0.3 is 0 Å². The minimum Gasteiger partial charge on any atom is -0.274 e. The molecule has 0 fully saturated rings. The number of anilines is 3. The summed E-state index contributed by atoms with van der Waals surface area (Å²) in [5.74, 6) is 0.740. The molecule has 1 rings (SSSR count). The standard InChI is InChI=1S/C9H18N6O3/c1-4-16-13-7-10-8(14-17-5-2)12-9(11-7)15-18-6-3/h4-6H2,1-3H3,(H3,10,11,12,13,14,15). The van der Waals surface area contributed by atoms with Crippen molar-refractivity contribution in [3.05, 3.63) is 0 Å². The molecule has 0 amide bonds. The Morgan fingerprint density at radius 3 is 1.17 bits per heavy atom. The molecule has 1 heterocycles. The lowest BCUT2D eigenvalue weighted by atomic mass is 10.8. The average molecular weight is 258 g/mol. The van der Waals surface area contributed by atoms with Gasteiger partial charge in [0.05, 0.1) is 19.8 Å². The number of aromatic nitrogens is 3. The molecule has 0 radical (unpaired) electrons. The molecule has 9 nitrogen and oxygen atoms in total. The number of nitrogens with zero attached hydrogens (tertiary/aromatic N) is 3. The number of rotatable bonds is 9. The van der Waals surface area contributed by atoms with Crippen LogP contribution in [0.5, 0.6) is 0 Å². The zero-order valence-electron chi connectivity index (χ0n) is 10.7. The Labute approximate surface area is 105 Å². The summed E-state index contributed by atoms with van der Waals surface area (Å²) in [5.41, 5.74) is 7.72. The molecule has 0 bridgehead atoms. The topological polar surface area (TPSA) is 102 Å². The number of hydrogen-bond acceptors (Lipinski definition) is 9. The first-order chi connectivity index (χ1) is 8.80. The molecule has 0 atom stereocenters. The maximum Gasteiger partial charge on any atom is 0.253 e. The fraction of sp³-hybridized carbons (Fsp3) is 0.667. The predicted octanol–water partition coefficient (Wildman–Crippen LogP) is 0.962. The van der Waals surface area contributed by atoms with Gasteiger partial charge in [0.15, 0.2) is 0 Å². The molecule has 0 aromatic carbocycles. The van der Waals surface area contributed by atoms with Crippen LogP contribution in [0.3, 0.4) is 0 Å². The smallest absolute Gasteiger partial charge is 0.253 e. The van der Waals surface area contributed by atoms with Gasteiger partial charge in [0, 0.05) is 0 Å². The zero-order chi connectivity index (χ0) is 13.2. The van der Waals surface area contributed by atoms with Gasteiger partial charge in [-0.15, -0.1) is 0 Å². The third kappa shape index (κ3) is 5.08. The molecule has 1 aromatic heterocycles. The predicted molar refractivity (Wildman–Crippen MR) is 65.6 cm³/mol. The molecule has 0 spiro atoms. The Kier molecular flexibility index (Phi) is 6.69. The van der Waals surface area contributed by atoms with E-state index in [0.717, 1.165) is 0 Å². The highest BCUT2D eigenvalue weighted by atomic mass is 16.7. The van der Waals surface area contributed by atoms with Gasteiger partial charge in [-0.3, -0.25) is 14.5 Å². The van der Waals surface area contributed by atoms with Gasteiger partial charge in [-0.05, 0) is 20.8 Å². The van der Waals surface area contributed by atoms with E-state index in [1.54, 1.807) is 0 Å². The van der Waals surface area contributed by atoms with E-state index in [-0.39, 0.29) is 17.8 Å². The fourth-order valence-electron chi connectivity index (χ4n) is 0.923. The van der Waals surface area contributed by atoms with Crippen LogP contribution in [-0.2, 0) is 14.5 Å². The monoisotopic (exact) mass is 258 g/mol. The van der Waals surface area contributed by atoms with Crippen molar-refractivity contribution in [2.45, 2.75) is 20.8 Å². The van der Waals surface area contributed by atoms with Crippen LogP contribution in [0, 0.1) is 0 Å². The molecule has 1 aromatic rings. The van der Waals surface area contributed by atoms with Crippen LogP contribution in [0.1, 0.15) is 20.8 Å². The summed E-state index contributed by atoms with van der Waals surface area (Å²) in [7, 11) is 0. The summed E-state index contributed by atoms with van der Waals surface area (Å²) in [6, 6.07) is 0. The molecule has 102 valence electrons. The van der Waals surface area contributed by atoms with E-state index in [4.69, 9.17) is 14.5 Å². The lowest BCUT2D eigenvalue weighted by Crippen LogP contribution is -2.13. The quantitative estimate of drug-likeness (QED) is 0.559. The summed E-state index contributed by atoms with van der Waals surface area (Å²) >= 11 is 0. The Bertz CT molecular complexity index is 286. The van der Waals surface area contributed by atoms with Gasteiger partial charge in [-0.2, -0.15) is 15.0 Å². The van der Waals surface area contributed by atoms with Gasteiger partial charge in [-0.25, -0.2) is 16.4 Å². The molecule has 0 saturated carbocycles. The van der Waals surface area contributed by atoms with Crippen molar-refractivity contribution in [3.63, 3.8) is 0 Å². The molecule has 0 saturated heterocycles. The van der Waals surface area contributed by atoms with E-state index in [1.807, 2.05) is 20.8 Å². The maximum atomic E-state index is 5.00. The maximum absolute atomic E-state index is 5.00. The van der Waals surface area contributed by atoms with Gasteiger partial charge in [-0.1, -0.05) is 0 Å². The minimum atomic E-state index is 0.247. The fourth-order valence-corrected chi connectivity index (χ4v) is 0.923. The van der Waals surface area contributed by atoms with Crippen molar-refractivity contribution >= 4 is 17.8 Å². The van der Waals surface area contributed by atoms with Gasteiger partial charge in [0.1, 0.15) is 0 Å². The minimum absolute atomic E-state index is 0.247.